The van der Waals surface area contributed by atoms with Gasteiger partial charge in [-0.2, -0.15) is 0 Å². The number of fused-ring (bicyclic) bond motifs is 1. The van der Waals surface area contributed by atoms with E-state index in [1.54, 1.807) is 16.7 Å². The number of imidazole rings is 1. The molecule has 0 aliphatic carbocycles. The zero-order valence-electron chi connectivity index (χ0n) is 10.3. The standard InChI is InChI=1S/C12H15N3O3/c1-7(13)6-9-14-10(12(17)18-2)11-8(16)4-3-5-15(9)11/h3-5,7,16H,6,13H2,1-2H3. The van der Waals surface area contributed by atoms with Crippen molar-refractivity contribution in [2.45, 2.75) is 19.4 Å². The molecular weight excluding hydrogens is 234 g/mol. The van der Waals surface area contributed by atoms with Crippen molar-refractivity contribution in [3.63, 3.8) is 0 Å². The van der Waals surface area contributed by atoms with Crippen LogP contribution in [0.1, 0.15) is 23.2 Å². The molecule has 0 saturated carbocycles. The second kappa shape index (κ2) is 4.66. The molecule has 2 heterocycles. The molecule has 2 rings (SSSR count). The van der Waals surface area contributed by atoms with Gasteiger partial charge in [-0.15, -0.1) is 0 Å². The first kappa shape index (κ1) is 12.4. The lowest BCUT2D eigenvalue weighted by molar-refractivity contribution is 0.0596. The molecule has 0 spiro atoms. The summed E-state index contributed by atoms with van der Waals surface area (Å²) in [5.41, 5.74) is 6.19. The van der Waals surface area contributed by atoms with Crippen molar-refractivity contribution in [3.8, 4) is 5.75 Å². The molecule has 0 aliphatic rings. The molecule has 0 aromatic carbocycles. The van der Waals surface area contributed by atoms with Crippen LogP contribution in [0.5, 0.6) is 5.75 Å². The van der Waals surface area contributed by atoms with Crippen LogP contribution < -0.4 is 5.73 Å². The summed E-state index contributed by atoms with van der Waals surface area (Å²) in [5.74, 6) is 0.0301. The van der Waals surface area contributed by atoms with Crippen LogP contribution in [0.25, 0.3) is 5.52 Å². The maximum Gasteiger partial charge on any atom is 0.359 e. The summed E-state index contributed by atoms with van der Waals surface area (Å²) in [5, 5.41) is 9.84. The van der Waals surface area contributed by atoms with Gasteiger partial charge in [0.1, 0.15) is 17.1 Å². The Balaban J connectivity index is 2.67. The third-order valence-electron chi connectivity index (χ3n) is 2.60. The fraction of sp³-hybridized carbons (Fsp3) is 0.333. The number of nitrogens with two attached hydrogens (primary N) is 1. The number of rotatable bonds is 3. The monoisotopic (exact) mass is 249 g/mol. The predicted molar refractivity (Wildman–Crippen MR) is 65.5 cm³/mol. The first-order chi connectivity index (χ1) is 8.54. The maximum atomic E-state index is 11.6. The summed E-state index contributed by atoms with van der Waals surface area (Å²) in [4.78, 5) is 15.8. The number of methoxy groups -OCH3 is 1. The van der Waals surface area contributed by atoms with Crippen molar-refractivity contribution in [1.29, 1.82) is 0 Å². The van der Waals surface area contributed by atoms with E-state index in [1.165, 1.54) is 13.2 Å². The molecule has 6 heteroatoms. The molecule has 2 aromatic heterocycles. The number of hydrogen-bond donors (Lipinski definition) is 2. The molecule has 1 atom stereocenters. The van der Waals surface area contributed by atoms with Crippen LogP contribution in [0.3, 0.4) is 0 Å². The fourth-order valence-corrected chi connectivity index (χ4v) is 1.85. The van der Waals surface area contributed by atoms with Crippen LogP contribution in [0.15, 0.2) is 18.3 Å². The largest absolute Gasteiger partial charge is 0.506 e. The van der Waals surface area contributed by atoms with E-state index in [0.29, 0.717) is 17.8 Å². The second-order valence-electron chi connectivity index (χ2n) is 4.16. The van der Waals surface area contributed by atoms with Crippen molar-refractivity contribution in [1.82, 2.24) is 9.38 Å². The van der Waals surface area contributed by atoms with Gasteiger partial charge in [-0.25, -0.2) is 9.78 Å². The minimum absolute atomic E-state index is 0.0127. The van der Waals surface area contributed by atoms with Crippen LogP contribution in [-0.4, -0.2) is 33.6 Å². The summed E-state index contributed by atoms with van der Waals surface area (Å²) in [6.07, 6.45) is 2.23. The Bertz CT molecular complexity index is 590. The lowest BCUT2D eigenvalue weighted by atomic mass is 10.2. The van der Waals surface area contributed by atoms with E-state index in [9.17, 15) is 9.90 Å². The molecule has 2 aromatic rings. The third kappa shape index (κ3) is 2.02. The average molecular weight is 249 g/mol. The van der Waals surface area contributed by atoms with Gasteiger partial charge in [-0.3, -0.25) is 4.40 Å². The normalized spacial score (nSPS) is 12.6. The first-order valence-corrected chi connectivity index (χ1v) is 5.57. The highest BCUT2D eigenvalue weighted by Crippen LogP contribution is 2.24. The van der Waals surface area contributed by atoms with Crippen molar-refractivity contribution < 1.29 is 14.6 Å². The highest BCUT2D eigenvalue weighted by molar-refractivity contribution is 5.96. The quantitative estimate of drug-likeness (QED) is 0.782. The smallest absolute Gasteiger partial charge is 0.359 e. The van der Waals surface area contributed by atoms with Gasteiger partial charge >= 0.3 is 5.97 Å². The highest BCUT2D eigenvalue weighted by Gasteiger charge is 2.20. The molecule has 6 nitrogen and oxygen atoms in total. The molecule has 3 N–H and O–H groups in total. The number of hydrogen-bond acceptors (Lipinski definition) is 5. The highest BCUT2D eigenvalue weighted by atomic mass is 16.5. The van der Waals surface area contributed by atoms with E-state index in [2.05, 4.69) is 9.72 Å². The van der Waals surface area contributed by atoms with Crippen molar-refractivity contribution in [2.75, 3.05) is 7.11 Å². The number of pyridine rings is 1. The maximum absolute atomic E-state index is 11.6. The lowest BCUT2D eigenvalue weighted by Gasteiger charge is -2.04. The third-order valence-corrected chi connectivity index (χ3v) is 2.60. The molecule has 18 heavy (non-hydrogen) atoms. The summed E-state index contributed by atoms with van der Waals surface area (Å²) in [7, 11) is 1.28. The van der Waals surface area contributed by atoms with Gasteiger partial charge in [0.2, 0.25) is 0 Å². The molecule has 0 amide bonds. The lowest BCUT2D eigenvalue weighted by Crippen LogP contribution is -2.19. The molecule has 0 fully saturated rings. The zero-order valence-corrected chi connectivity index (χ0v) is 10.3. The van der Waals surface area contributed by atoms with E-state index < -0.39 is 5.97 Å². The Hall–Kier alpha value is -2.08. The summed E-state index contributed by atoms with van der Waals surface area (Å²) in [6, 6.07) is 3.08. The van der Waals surface area contributed by atoms with Gasteiger partial charge < -0.3 is 15.6 Å². The minimum Gasteiger partial charge on any atom is -0.506 e. The van der Waals surface area contributed by atoms with Crippen LogP contribution in [-0.2, 0) is 11.2 Å². The van der Waals surface area contributed by atoms with Crippen molar-refractivity contribution in [2.24, 2.45) is 5.73 Å². The number of nitrogens with zero attached hydrogens (tertiary/aromatic N) is 2. The number of aromatic hydroxyl groups is 1. The van der Waals surface area contributed by atoms with Crippen molar-refractivity contribution >= 4 is 11.5 Å². The molecule has 96 valence electrons. The van der Waals surface area contributed by atoms with Crippen LogP contribution in [0.4, 0.5) is 0 Å². The molecular formula is C12H15N3O3. The van der Waals surface area contributed by atoms with Gasteiger partial charge in [0.15, 0.2) is 5.69 Å². The van der Waals surface area contributed by atoms with E-state index in [1.807, 2.05) is 6.92 Å². The summed E-state index contributed by atoms with van der Waals surface area (Å²) in [6.45, 7) is 1.85. The number of ether oxygens (including phenoxy) is 1. The van der Waals surface area contributed by atoms with Gasteiger partial charge in [0.25, 0.3) is 0 Å². The Morgan fingerprint density at radius 1 is 1.67 bits per heavy atom. The Morgan fingerprint density at radius 2 is 2.39 bits per heavy atom. The van der Waals surface area contributed by atoms with E-state index in [0.717, 1.165) is 0 Å². The first-order valence-electron chi connectivity index (χ1n) is 5.57. The predicted octanol–water partition coefficient (Wildman–Crippen LogP) is 0.716. The number of aromatic nitrogens is 2. The number of esters is 1. The molecule has 0 radical (unpaired) electrons. The number of carbonyl (C=O) groups is 1. The Kier molecular flexibility index (Phi) is 3.20. The Morgan fingerprint density at radius 3 is 3.00 bits per heavy atom. The van der Waals surface area contributed by atoms with Crippen molar-refractivity contribution in [3.05, 3.63) is 29.8 Å². The fourth-order valence-electron chi connectivity index (χ4n) is 1.85. The second-order valence-corrected chi connectivity index (χ2v) is 4.16. The summed E-state index contributed by atoms with van der Waals surface area (Å²) < 4.78 is 6.32. The molecule has 0 aliphatic heterocycles. The average Bonchev–Trinajstić information content (AvgIpc) is 2.68. The van der Waals surface area contributed by atoms with Crippen LogP contribution in [0.2, 0.25) is 0 Å². The number of carbonyl (C=O) groups excluding carboxylic acids is 1. The SMILES string of the molecule is COC(=O)c1nc(CC(C)N)n2cccc(O)c12. The van der Waals surface area contributed by atoms with Crippen LogP contribution in [0, 0.1) is 0 Å². The Labute approximate surface area is 104 Å². The van der Waals surface area contributed by atoms with Gasteiger partial charge in [0.05, 0.1) is 7.11 Å². The molecule has 0 bridgehead atoms. The minimum atomic E-state index is -0.579. The van der Waals surface area contributed by atoms with Gasteiger partial charge in [0, 0.05) is 18.7 Å². The topological polar surface area (TPSA) is 89.8 Å². The van der Waals surface area contributed by atoms with E-state index >= 15 is 0 Å². The zero-order chi connectivity index (χ0) is 13.3. The molecule has 0 saturated heterocycles. The summed E-state index contributed by atoms with van der Waals surface area (Å²) >= 11 is 0. The van der Waals surface area contributed by atoms with Gasteiger partial charge in [-0.1, -0.05) is 0 Å². The van der Waals surface area contributed by atoms with Crippen LogP contribution >= 0.6 is 0 Å². The van der Waals surface area contributed by atoms with E-state index in [4.69, 9.17) is 5.73 Å². The van der Waals surface area contributed by atoms with E-state index in [-0.39, 0.29) is 17.5 Å². The van der Waals surface area contributed by atoms with Gasteiger partial charge in [-0.05, 0) is 19.1 Å². The molecule has 1 unspecified atom stereocenters.